The van der Waals surface area contributed by atoms with Gasteiger partial charge >= 0.3 is 0 Å². The summed E-state index contributed by atoms with van der Waals surface area (Å²) in [4.78, 5) is 2.52. The Morgan fingerprint density at radius 2 is 2.07 bits per heavy atom. The molecule has 1 saturated carbocycles. The van der Waals surface area contributed by atoms with Crippen molar-refractivity contribution in [3.8, 4) is 12.3 Å². The minimum atomic E-state index is 0.807. The van der Waals surface area contributed by atoms with Crippen LogP contribution in [0.25, 0.3) is 0 Å². The quantitative estimate of drug-likeness (QED) is 0.490. The largest absolute Gasteiger partial charge is 0.303 e. The van der Waals surface area contributed by atoms with Gasteiger partial charge in [-0.1, -0.05) is 19.8 Å². The molecular weight excluding hydrogens is 170 g/mol. The lowest BCUT2D eigenvalue weighted by Gasteiger charge is -2.36. The number of hydrogen-bond acceptors (Lipinski definition) is 1. The number of terminal acetylenes is 1. The van der Waals surface area contributed by atoms with Gasteiger partial charge in [0.2, 0.25) is 0 Å². The fraction of sp³-hybridized carbons (Fsp3) is 0.846. The zero-order chi connectivity index (χ0) is 10.4. The summed E-state index contributed by atoms with van der Waals surface area (Å²) >= 11 is 0. The SMILES string of the molecule is C#CCCCN(C)C1CCCCC1C. The fourth-order valence-electron chi connectivity index (χ4n) is 2.55. The van der Waals surface area contributed by atoms with Gasteiger partial charge < -0.3 is 4.90 Å². The maximum atomic E-state index is 5.25. The van der Waals surface area contributed by atoms with Gasteiger partial charge in [0.1, 0.15) is 0 Å². The van der Waals surface area contributed by atoms with Gasteiger partial charge in [0.25, 0.3) is 0 Å². The van der Waals surface area contributed by atoms with E-state index in [1.54, 1.807) is 0 Å². The van der Waals surface area contributed by atoms with Crippen molar-refractivity contribution >= 4 is 0 Å². The van der Waals surface area contributed by atoms with E-state index < -0.39 is 0 Å². The van der Waals surface area contributed by atoms with Crippen LogP contribution in [0.3, 0.4) is 0 Å². The molecule has 0 amide bonds. The zero-order valence-electron chi connectivity index (χ0n) is 9.63. The summed E-state index contributed by atoms with van der Waals surface area (Å²) in [7, 11) is 2.25. The molecule has 0 aromatic heterocycles. The molecule has 1 fully saturated rings. The molecule has 80 valence electrons. The van der Waals surface area contributed by atoms with Gasteiger partial charge in [-0.15, -0.1) is 12.3 Å². The Morgan fingerprint density at radius 3 is 2.71 bits per heavy atom. The molecular formula is C13H23N. The smallest absolute Gasteiger partial charge is 0.0118 e. The van der Waals surface area contributed by atoms with Crippen LogP contribution in [0.1, 0.15) is 45.4 Å². The normalized spacial score (nSPS) is 27.6. The minimum Gasteiger partial charge on any atom is -0.303 e. The van der Waals surface area contributed by atoms with Gasteiger partial charge in [0.05, 0.1) is 0 Å². The molecule has 0 aromatic carbocycles. The van der Waals surface area contributed by atoms with Crippen molar-refractivity contribution in [2.45, 2.75) is 51.5 Å². The lowest BCUT2D eigenvalue weighted by Crippen LogP contribution is -2.39. The van der Waals surface area contributed by atoms with Crippen LogP contribution in [0.4, 0.5) is 0 Å². The van der Waals surface area contributed by atoms with Gasteiger partial charge in [-0.25, -0.2) is 0 Å². The van der Waals surface area contributed by atoms with Crippen molar-refractivity contribution in [1.29, 1.82) is 0 Å². The molecule has 0 bridgehead atoms. The molecule has 0 aromatic rings. The maximum absolute atomic E-state index is 5.25. The monoisotopic (exact) mass is 193 g/mol. The molecule has 0 saturated heterocycles. The molecule has 1 nitrogen and oxygen atoms in total. The van der Waals surface area contributed by atoms with Crippen LogP contribution in [-0.2, 0) is 0 Å². The van der Waals surface area contributed by atoms with Crippen molar-refractivity contribution in [2.75, 3.05) is 13.6 Å². The highest BCUT2D eigenvalue weighted by molar-refractivity contribution is 4.84. The molecule has 1 aliphatic carbocycles. The topological polar surface area (TPSA) is 3.24 Å². The van der Waals surface area contributed by atoms with Crippen LogP contribution >= 0.6 is 0 Å². The highest BCUT2D eigenvalue weighted by atomic mass is 15.1. The zero-order valence-corrected chi connectivity index (χ0v) is 9.63. The van der Waals surface area contributed by atoms with E-state index >= 15 is 0 Å². The van der Waals surface area contributed by atoms with E-state index in [9.17, 15) is 0 Å². The summed E-state index contributed by atoms with van der Waals surface area (Å²) in [5.41, 5.74) is 0. The third-order valence-corrected chi connectivity index (χ3v) is 3.46. The second-order valence-corrected chi connectivity index (χ2v) is 4.62. The molecule has 2 unspecified atom stereocenters. The molecule has 1 aliphatic rings. The number of rotatable bonds is 4. The summed E-state index contributed by atoms with van der Waals surface area (Å²) < 4.78 is 0. The molecule has 0 spiro atoms. The van der Waals surface area contributed by atoms with Crippen molar-refractivity contribution in [2.24, 2.45) is 5.92 Å². The Morgan fingerprint density at radius 1 is 1.36 bits per heavy atom. The van der Waals surface area contributed by atoms with E-state index in [0.717, 1.165) is 24.8 Å². The third kappa shape index (κ3) is 3.35. The van der Waals surface area contributed by atoms with Gasteiger partial charge in [-0.3, -0.25) is 0 Å². The molecule has 0 heterocycles. The molecule has 0 radical (unpaired) electrons. The fourth-order valence-corrected chi connectivity index (χ4v) is 2.55. The molecule has 1 heteroatoms. The van der Waals surface area contributed by atoms with E-state index in [1.165, 1.54) is 32.2 Å². The summed E-state index contributed by atoms with van der Waals surface area (Å²) in [6, 6.07) is 0.807. The van der Waals surface area contributed by atoms with E-state index in [1.807, 2.05) is 0 Å². The standard InChI is InChI=1S/C13H23N/c1-4-5-8-11-14(3)13-10-7-6-9-12(13)2/h1,12-13H,5-11H2,2-3H3. The van der Waals surface area contributed by atoms with Gasteiger partial charge in [0, 0.05) is 12.5 Å². The average Bonchev–Trinajstić information content (AvgIpc) is 2.18. The second kappa shape index (κ2) is 6.09. The maximum Gasteiger partial charge on any atom is 0.0118 e. The summed E-state index contributed by atoms with van der Waals surface area (Å²) in [5.74, 6) is 3.59. The summed E-state index contributed by atoms with van der Waals surface area (Å²) in [6.07, 6.45) is 13.0. The predicted octanol–water partition coefficient (Wildman–Crippen LogP) is 2.91. The highest BCUT2D eigenvalue weighted by Crippen LogP contribution is 2.27. The van der Waals surface area contributed by atoms with Crippen LogP contribution in [-0.4, -0.2) is 24.5 Å². The van der Waals surface area contributed by atoms with Gasteiger partial charge in [0.15, 0.2) is 0 Å². The second-order valence-electron chi connectivity index (χ2n) is 4.62. The summed E-state index contributed by atoms with van der Waals surface area (Å²) in [6.45, 7) is 3.56. The first-order chi connectivity index (χ1) is 6.75. The number of hydrogen-bond donors (Lipinski definition) is 0. The molecule has 14 heavy (non-hydrogen) atoms. The van der Waals surface area contributed by atoms with Crippen molar-refractivity contribution < 1.29 is 0 Å². The van der Waals surface area contributed by atoms with Crippen LogP contribution in [0.15, 0.2) is 0 Å². The molecule has 2 atom stereocenters. The number of nitrogens with zero attached hydrogens (tertiary/aromatic N) is 1. The van der Waals surface area contributed by atoms with Crippen LogP contribution in [0, 0.1) is 18.3 Å². The Kier molecular flexibility index (Phi) is 5.04. The van der Waals surface area contributed by atoms with Gasteiger partial charge in [-0.05, 0) is 38.8 Å². The van der Waals surface area contributed by atoms with Crippen molar-refractivity contribution in [3.63, 3.8) is 0 Å². The Bertz CT molecular complexity index is 192. The first-order valence-corrected chi connectivity index (χ1v) is 5.89. The van der Waals surface area contributed by atoms with Crippen molar-refractivity contribution in [3.05, 3.63) is 0 Å². The first kappa shape index (κ1) is 11.6. The Labute approximate surface area is 88.9 Å². The molecule has 0 aliphatic heterocycles. The number of unbranched alkanes of at least 4 members (excludes halogenated alkanes) is 1. The summed E-state index contributed by atoms with van der Waals surface area (Å²) in [5, 5.41) is 0. The van der Waals surface area contributed by atoms with E-state index in [4.69, 9.17) is 6.42 Å². The Hall–Kier alpha value is -0.480. The van der Waals surface area contributed by atoms with E-state index in [2.05, 4.69) is 24.8 Å². The Balaban J connectivity index is 2.27. The van der Waals surface area contributed by atoms with Gasteiger partial charge in [-0.2, -0.15) is 0 Å². The van der Waals surface area contributed by atoms with E-state index in [0.29, 0.717) is 0 Å². The predicted molar refractivity (Wildman–Crippen MR) is 62.1 cm³/mol. The van der Waals surface area contributed by atoms with E-state index in [-0.39, 0.29) is 0 Å². The van der Waals surface area contributed by atoms with Crippen LogP contribution in [0.5, 0.6) is 0 Å². The molecule has 1 rings (SSSR count). The molecule has 0 N–H and O–H groups in total. The third-order valence-electron chi connectivity index (χ3n) is 3.46. The highest BCUT2D eigenvalue weighted by Gasteiger charge is 2.24. The average molecular weight is 193 g/mol. The van der Waals surface area contributed by atoms with Crippen LogP contribution in [0.2, 0.25) is 0 Å². The first-order valence-electron chi connectivity index (χ1n) is 5.89. The van der Waals surface area contributed by atoms with Crippen LogP contribution < -0.4 is 0 Å². The van der Waals surface area contributed by atoms with Crippen molar-refractivity contribution in [1.82, 2.24) is 4.90 Å². The lowest BCUT2D eigenvalue weighted by atomic mass is 9.85. The lowest BCUT2D eigenvalue weighted by molar-refractivity contribution is 0.139. The minimum absolute atomic E-state index is 0.807.